The van der Waals surface area contributed by atoms with Gasteiger partial charge < -0.3 is 10.2 Å². The monoisotopic (exact) mass is 278 g/mol. The van der Waals surface area contributed by atoms with Crippen molar-refractivity contribution < 1.29 is 10.2 Å². The van der Waals surface area contributed by atoms with Gasteiger partial charge in [0.1, 0.15) is 5.01 Å². The molecule has 2 rings (SSSR count). The van der Waals surface area contributed by atoms with Crippen LogP contribution in [0.5, 0.6) is 0 Å². The predicted octanol–water partition coefficient (Wildman–Crippen LogP) is 1.50. The number of rotatable bonds is 7. The standard InChI is InChI=1S/C14H18N2O2S/c17-11-13(18)9-16(10-14-15-6-7-19-14)8-12-4-2-1-3-5-12/h1-7,13,17-18H,8-11H2. The molecule has 1 aromatic heterocycles. The molecule has 0 spiro atoms. The van der Waals surface area contributed by atoms with Crippen LogP contribution in [0.15, 0.2) is 41.9 Å². The summed E-state index contributed by atoms with van der Waals surface area (Å²) in [4.78, 5) is 6.36. The maximum absolute atomic E-state index is 9.63. The highest BCUT2D eigenvalue weighted by Crippen LogP contribution is 2.12. The van der Waals surface area contributed by atoms with Crippen molar-refractivity contribution in [2.24, 2.45) is 0 Å². The molecule has 0 bridgehead atoms. The Labute approximate surface area is 117 Å². The molecule has 0 radical (unpaired) electrons. The Morgan fingerprint density at radius 1 is 1.21 bits per heavy atom. The Morgan fingerprint density at radius 3 is 2.63 bits per heavy atom. The van der Waals surface area contributed by atoms with E-state index in [4.69, 9.17) is 5.11 Å². The van der Waals surface area contributed by atoms with Crippen LogP contribution in [0.3, 0.4) is 0 Å². The van der Waals surface area contributed by atoms with Crippen LogP contribution in [-0.4, -0.2) is 39.4 Å². The fourth-order valence-corrected chi connectivity index (χ4v) is 2.56. The molecule has 1 aromatic carbocycles. The molecule has 19 heavy (non-hydrogen) atoms. The molecule has 5 heteroatoms. The van der Waals surface area contributed by atoms with Crippen molar-refractivity contribution in [2.75, 3.05) is 13.2 Å². The van der Waals surface area contributed by atoms with E-state index in [1.54, 1.807) is 17.5 Å². The van der Waals surface area contributed by atoms with E-state index in [0.29, 0.717) is 13.1 Å². The Bertz CT molecular complexity index is 462. The Morgan fingerprint density at radius 2 is 2.00 bits per heavy atom. The molecule has 2 N–H and O–H groups in total. The normalized spacial score (nSPS) is 12.8. The predicted molar refractivity (Wildman–Crippen MR) is 75.8 cm³/mol. The van der Waals surface area contributed by atoms with E-state index in [1.165, 1.54) is 5.56 Å². The van der Waals surface area contributed by atoms with Crippen LogP contribution >= 0.6 is 11.3 Å². The molecule has 2 aromatic rings. The van der Waals surface area contributed by atoms with Gasteiger partial charge in [0, 0.05) is 24.7 Å². The first-order valence-electron chi connectivity index (χ1n) is 6.21. The third-order valence-electron chi connectivity index (χ3n) is 2.77. The Balaban J connectivity index is 2.01. The van der Waals surface area contributed by atoms with E-state index in [9.17, 15) is 5.11 Å². The Kier molecular flexibility index (Phi) is 5.47. The van der Waals surface area contributed by atoms with E-state index < -0.39 is 6.10 Å². The first-order valence-corrected chi connectivity index (χ1v) is 7.09. The zero-order valence-corrected chi connectivity index (χ0v) is 11.5. The number of aliphatic hydroxyl groups is 2. The number of thiazole rings is 1. The number of aromatic nitrogens is 1. The van der Waals surface area contributed by atoms with Gasteiger partial charge in [-0.05, 0) is 5.56 Å². The Hall–Kier alpha value is -1.27. The smallest absolute Gasteiger partial charge is 0.107 e. The lowest BCUT2D eigenvalue weighted by Crippen LogP contribution is -2.33. The van der Waals surface area contributed by atoms with Crippen molar-refractivity contribution in [2.45, 2.75) is 19.2 Å². The van der Waals surface area contributed by atoms with Gasteiger partial charge in [0.2, 0.25) is 0 Å². The molecule has 0 aliphatic heterocycles. The highest BCUT2D eigenvalue weighted by Gasteiger charge is 2.13. The zero-order chi connectivity index (χ0) is 13.5. The molecule has 0 saturated carbocycles. The van der Waals surface area contributed by atoms with Crippen LogP contribution < -0.4 is 0 Å². The first-order chi connectivity index (χ1) is 9.28. The minimum absolute atomic E-state index is 0.219. The van der Waals surface area contributed by atoms with Gasteiger partial charge in [-0.25, -0.2) is 4.98 Å². The minimum Gasteiger partial charge on any atom is -0.394 e. The minimum atomic E-state index is -0.719. The molecule has 0 aliphatic carbocycles. The van der Waals surface area contributed by atoms with Crippen LogP contribution in [0.4, 0.5) is 0 Å². The summed E-state index contributed by atoms with van der Waals surface area (Å²) in [7, 11) is 0. The third kappa shape index (κ3) is 4.72. The molecule has 0 aliphatic rings. The van der Waals surface area contributed by atoms with Crippen molar-refractivity contribution in [3.63, 3.8) is 0 Å². The number of benzene rings is 1. The van der Waals surface area contributed by atoms with Gasteiger partial charge in [0.15, 0.2) is 0 Å². The second kappa shape index (κ2) is 7.35. The number of aliphatic hydroxyl groups excluding tert-OH is 2. The summed E-state index contributed by atoms with van der Waals surface area (Å²) in [6.45, 7) is 1.63. The lowest BCUT2D eigenvalue weighted by atomic mass is 10.2. The molecule has 0 fully saturated rings. The van der Waals surface area contributed by atoms with Crippen LogP contribution in [0.1, 0.15) is 10.6 Å². The summed E-state index contributed by atoms with van der Waals surface area (Å²) in [5.41, 5.74) is 1.18. The maximum Gasteiger partial charge on any atom is 0.107 e. The SMILES string of the molecule is OCC(O)CN(Cc1ccccc1)Cc1nccs1. The summed E-state index contributed by atoms with van der Waals surface area (Å²) in [5.74, 6) is 0. The van der Waals surface area contributed by atoms with Crippen LogP contribution in [0.2, 0.25) is 0 Å². The summed E-state index contributed by atoms with van der Waals surface area (Å²) in [6.07, 6.45) is 1.06. The highest BCUT2D eigenvalue weighted by atomic mass is 32.1. The summed E-state index contributed by atoms with van der Waals surface area (Å²) >= 11 is 1.60. The van der Waals surface area contributed by atoms with E-state index in [2.05, 4.69) is 22.0 Å². The second-order valence-corrected chi connectivity index (χ2v) is 5.40. The van der Waals surface area contributed by atoms with Gasteiger partial charge in [-0.3, -0.25) is 4.90 Å². The quantitative estimate of drug-likeness (QED) is 0.806. The summed E-state index contributed by atoms with van der Waals surface area (Å²) in [6, 6.07) is 10.1. The third-order valence-corrected chi connectivity index (χ3v) is 3.54. The highest BCUT2D eigenvalue weighted by molar-refractivity contribution is 7.09. The molecule has 0 amide bonds. The first kappa shape index (κ1) is 14.1. The van der Waals surface area contributed by atoms with Crippen molar-refractivity contribution in [1.29, 1.82) is 0 Å². The average Bonchev–Trinajstić information content (AvgIpc) is 2.92. The lowest BCUT2D eigenvalue weighted by Gasteiger charge is -2.23. The van der Waals surface area contributed by atoms with Crippen molar-refractivity contribution >= 4 is 11.3 Å². The molecule has 102 valence electrons. The molecule has 0 saturated heterocycles. The van der Waals surface area contributed by atoms with Crippen LogP contribution in [0, 0.1) is 0 Å². The lowest BCUT2D eigenvalue weighted by molar-refractivity contribution is 0.0542. The van der Waals surface area contributed by atoms with Crippen molar-refractivity contribution in [3.8, 4) is 0 Å². The van der Waals surface area contributed by atoms with Gasteiger partial charge in [0.25, 0.3) is 0 Å². The van der Waals surface area contributed by atoms with E-state index in [1.807, 2.05) is 23.6 Å². The molecule has 1 heterocycles. The van der Waals surface area contributed by atoms with Crippen molar-refractivity contribution in [1.82, 2.24) is 9.88 Å². The van der Waals surface area contributed by atoms with Gasteiger partial charge in [-0.15, -0.1) is 11.3 Å². The fraction of sp³-hybridized carbons (Fsp3) is 0.357. The van der Waals surface area contributed by atoms with E-state index >= 15 is 0 Å². The van der Waals surface area contributed by atoms with Crippen molar-refractivity contribution in [3.05, 3.63) is 52.5 Å². The second-order valence-electron chi connectivity index (χ2n) is 4.42. The average molecular weight is 278 g/mol. The molecule has 1 atom stereocenters. The van der Waals surface area contributed by atoms with Crippen LogP contribution in [0.25, 0.3) is 0 Å². The number of nitrogens with zero attached hydrogens (tertiary/aromatic N) is 2. The van der Waals surface area contributed by atoms with Crippen LogP contribution in [-0.2, 0) is 13.1 Å². The molecular formula is C14H18N2O2S. The largest absolute Gasteiger partial charge is 0.394 e. The summed E-state index contributed by atoms with van der Waals surface area (Å²) < 4.78 is 0. The summed E-state index contributed by atoms with van der Waals surface area (Å²) in [5, 5.41) is 21.6. The number of hydrogen-bond donors (Lipinski definition) is 2. The zero-order valence-electron chi connectivity index (χ0n) is 10.6. The number of hydrogen-bond acceptors (Lipinski definition) is 5. The van der Waals surface area contributed by atoms with Gasteiger partial charge >= 0.3 is 0 Å². The fourth-order valence-electron chi connectivity index (χ4n) is 1.90. The molecular weight excluding hydrogens is 260 g/mol. The van der Waals surface area contributed by atoms with E-state index in [0.717, 1.165) is 11.6 Å². The van der Waals surface area contributed by atoms with E-state index in [-0.39, 0.29) is 6.61 Å². The van der Waals surface area contributed by atoms with Gasteiger partial charge in [-0.1, -0.05) is 30.3 Å². The molecule has 4 nitrogen and oxygen atoms in total. The maximum atomic E-state index is 9.63. The topological polar surface area (TPSA) is 56.6 Å². The van der Waals surface area contributed by atoms with Gasteiger partial charge in [-0.2, -0.15) is 0 Å². The van der Waals surface area contributed by atoms with Gasteiger partial charge in [0.05, 0.1) is 19.3 Å². The molecule has 1 unspecified atom stereocenters.